The first kappa shape index (κ1) is 14.4. The molecule has 1 aliphatic rings. The summed E-state index contributed by atoms with van der Waals surface area (Å²) in [4.78, 5) is 11.6. The Labute approximate surface area is 103 Å². The lowest BCUT2D eigenvalue weighted by Crippen LogP contribution is -2.38. The van der Waals surface area contributed by atoms with Crippen LogP contribution in [0, 0.1) is 5.92 Å². The van der Waals surface area contributed by atoms with Crippen molar-refractivity contribution in [3.63, 3.8) is 0 Å². The summed E-state index contributed by atoms with van der Waals surface area (Å²) in [5.74, 6) is -0.119. The number of rotatable bonds is 3. The van der Waals surface area contributed by atoms with Crippen LogP contribution in [0.3, 0.4) is 0 Å². The van der Waals surface area contributed by atoms with Gasteiger partial charge in [0.05, 0.1) is 11.5 Å². The van der Waals surface area contributed by atoms with Gasteiger partial charge in [-0.25, -0.2) is 8.42 Å². The Bertz CT molecular complexity index is 383. The Kier molecular flexibility index (Phi) is 4.19. The highest BCUT2D eigenvalue weighted by atomic mass is 32.2. The highest BCUT2D eigenvalue weighted by Crippen LogP contribution is 2.23. The van der Waals surface area contributed by atoms with Crippen molar-refractivity contribution in [1.29, 1.82) is 0 Å². The summed E-state index contributed by atoms with van der Waals surface area (Å²) in [5.41, 5.74) is 5.16. The van der Waals surface area contributed by atoms with E-state index in [1.807, 2.05) is 0 Å². The summed E-state index contributed by atoms with van der Waals surface area (Å²) >= 11 is 0. The predicted molar refractivity (Wildman–Crippen MR) is 65.2 cm³/mol. The molecule has 0 aromatic rings. The largest absolute Gasteiger partial charge is 0.459 e. The number of nitrogens with two attached hydrogens (primary N) is 1. The van der Waals surface area contributed by atoms with Crippen LogP contribution in [0.4, 0.5) is 0 Å². The Morgan fingerprint density at radius 2 is 2.06 bits per heavy atom. The maximum atomic E-state index is 11.6. The minimum absolute atomic E-state index is 0.0116. The van der Waals surface area contributed by atoms with E-state index in [1.54, 1.807) is 20.8 Å². The summed E-state index contributed by atoms with van der Waals surface area (Å²) in [6, 6.07) is -0.729. The minimum atomic E-state index is -2.91. The summed E-state index contributed by atoms with van der Waals surface area (Å²) in [6.07, 6.45) is 0.979. The molecule has 1 rings (SSSR count). The van der Waals surface area contributed by atoms with E-state index in [0.717, 1.165) is 0 Å². The van der Waals surface area contributed by atoms with Crippen LogP contribution in [-0.4, -0.2) is 37.5 Å². The van der Waals surface area contributed by atoms with Gasteiger partial charge in [0.1, 0.15) is 11.6 Å². The molecule has 0 bridgehead atoms. The number of esters is 1. The highest BCUT2D eigenvalue weighted by Gasteiger charge is 2.32. The van der Waals surface area contributed by atoms with Gasteiger partial charge in [-0.3, -0.25) is 4.79 Å². The third kappa shape index (κ3) is 5.04. The Balaban J connectivity index is 2.45. The molecule has 2 N–H and O–H groups in total. The van der Waals surface area contributed by atoms with Crippen molar-refractivity contribution in [1.82, 2.24) is 0 Å². The van der Waals surface area contributed by atoms with Gasteiger partial charge in [0.15, 0.2) is 9.84 Å². The van der Waals surface area contributed by atoms with Gasteiger partial charge in [-0.05, 0) is 39.5 Å². The van der Waals surface area contributed by atoms with Crippen LogP contribution < -0.4 is 5.73 Å². The van der Waals surface area contributed by atoms with Gasteiger partial charge in [0, 0.05) is 0 Å². The summed E-state index contributed by atoms with van der Waals surface area (Å²) < 4.78 is 27.7. The molecule has 1 heterocycles. The van der Waals surface area contributed by atoms with Crippen LogP contribution in [0.1, 0.15) is 33.6 Å². The second kappa shape index (κ2) is 4.94. The molecule has 0 aromatic heterocycles. The number of sulfone groups is 1. The van der Waals surface area contributed by atoms with Gasteiger partial charge in [0.2, 0.25) is 0 Å². The second-order valence-corrected chi connectivity index (χ2v) is 7.87. The Hall–Kier alpha value is -0.620. The van der Waals surface area contributed by atoms with Crippen molar-refractivity contribution in [2.24, 2.45) is 11.7 Å². The van der Waals surface area contributed by atoms with Crippen molar-refractivity contribution in [2.45, 2.75) is 45.3 Å². The molecule has 17 heavy (non-hydrogen) atoms. The van der Waals surface area contributed by atoms with Crippen molar-refractivity contribution in [2.75, 3.05) is 11.5 Å². The molecule has 2 unspecified atom stereocenters. The quantitative estimate of drug-likeness (QED) is 0.748. The molecule has 6 heteroatoms. The fourth-order valence-electron chi connectivity index (χ4n) is 1.89. The second-order valence-electron chi connectivity index (χ2n) is 5.64. The van der Waals surface area contributed by atoms with Gasteiger partial charge in [-0.1, -0.05) is 0 Å². The average Bonchev–Trinajstić information content (AvgIpc) is 2.42. The van der Waals surface area contributed by atoms with Crippen LogP contribution in [0.5, 0.6) is 0 Å². The Morgan fingerprint density at radius 1 is 1.47 bits per heavy atom. The van der Waals surface area contributed by atoms with E-state index in [9.17, 15) is 13.2 Å². The van der Waals surface area contributed by atoms with E-state index in [0.29, 0.717) is 12.8 Å². The molecule has 1 saturated heterocycles. The topological polar surface area (TPSA) is 86.5 Å². The third-order valence-electron chi connectivity index (χ3n) is 2.62. The van der Waals surface area contributed by atoms with Gasteiger partial charge in [-0.2, -0.15) is 0 Å². The Morgan fingerprint density at radius 3 is 2.47 bits per heavy atom. The van der Waals surface area contributed by atoms with E-state index < -0.39 is 27.4 Å². The monoisotopic (exact) mass is 263 g/mol. The predicted octanol–water partition coefficient (Wildman–Crippen LogP) is 0.480. The first-order valence-electron chi connectivity index (χ1n) is 5.78. The smallest absolute Gasteiger partial charge is 0.323 e. The van der Waals surface area contributed by atoms with E-state index in [2.05, 4.69) is 0 Å². The van der Waals surface area contributed by atoms with E-state index in [1.165, 1.54) is 0 Å². The van der Waals surface area contributed by atoms with E-state index in [4.69, 9.17) is 10.5 Å². The average molecular weight is 263 g/mol. The van der Waals surface area contributed by atoms with Crippen molar-refractivity contribution in [3.05, 3.63) is 0 Å². The number of ether oxygens (including phenoxy) is 1. The van der Waals surface area contributed by atoms with Gasteiger partial charge in [0.25, 0.3) is 0 Å². The SMILES string of the molecule is CC(C)(C)OC(=O)C(N)CC1CCS(=O)(=O)C1. The molecule has 0 aliphatic carbocycles. The molecule has 0 saturated carbocycles. The lowest BCUT2D eigenvalue weighted by molar-refractivity contribution is -0.156. The van der Waals surface area contributed by atoms with Crippen LogP contribution in [0.25, 0.3) is 0 Å². The fourth-order valence-corrected chi connectivity index (χ4v) is 3.77. The minimum Gasteiger partial charge on any atom is -0.459 e. The molecule has 100 valence electrons. The van der Waals surface area contributed by atoms with Crippen molar-refractivity contribution in [3.8, 4) is 0 Å². The third-order valence-corrected chi connectivity index (χ3v) is 4.46. The summed E-state index contributed by atoms with van der Waals surface area (Å²) in [7, 11) is -2.91. The van der Waals surface area contributed by atoms with E-state index >= 15 is 0 Å². The molecule has 1 aliphatic heterocycles. The zero-order valence-electron chi connectivity index (χ0n) is 10.6. The molecule has 0 aromatic carbocycles. The number of hydrogen-bond acceptors (Lipinski definition) is 5. The maximum Gasteiger partial charge on any atom is 0.323 e. The first-order valence-corrected chi connectivity index (χ1v) is 7.60. The zero-order valence-corrected chi connectivity index (χ0v) is 11.4. The summed E-state index contributed by atoms with van der Waals surface area (Å²) in [6.45, 7) is 5.33. The number of hydrogen-bond donors (Lipinski definition) is 1. The molecule has 1 fully saturated rings. The van der Waals surface area contributed by atoms with Crippen LogP contribution in [-0.2, 0) is 19.4 Å². The molecular formula is C11H21NO4S. The molecule has 0 spiro atoms. The zero-order chi connectivity index (χ0) is 13.3. The summed E-state index contributed by atoms with van der Waals surface area (Å²) in [5, 5.41) is 0. The first-order chi connectivity index (χ1) is 7.59. The van der Waals surface area contributed by atoms with Gasteiger partial charge >= 0.3 is 5.97 Å². The molecular weight excluding hydrogens is 242 g/mol. The van der Waals surface area contributed by atoms with Crippen LogP contribution in [0.15, 0.2) is 0 Å². The normalized spacial score (nSPS) is 25.5. The van der Waals surface area contributed by atoms with Gasteiger partial charge < -0.3 is 10.5 Å². The van der Waals surface area contributed by atoms with E-state index in [-0.39, 0.29) is 17.4 Å². The molecule has 0 amide bonds. The van der Waals surface area contributed by atoms with Crippen molar-refractivity contribution < 1.29 is 17.9 Å². The molecule has 0 radical (unpaired) electrons. The lowest BCUT2D eigenvalue weighted by Gasteiger charge is -2.23. The standard InChI is InChI=1S/C11H21NO4S/c1-11(2,3)16-10(13)9(12)6-8-4-5-17(14,15)7-8/h8-9H,4-7,12H2,1-3H3. The highest BCUT2D eigenvalue weighted by molar-refractivity contribution is 7.91. The van der Waals surface area contributed by atoms with Crippen LogP contribution >= 0.6 is 0 Å². The maximum absolute atomic E-state index is 11.6. The lowest BCUT2D eigenvalue weighted by atomic mass is 10.00. The molecule has 2 atom stereocenters. The van der Waals surface area contributed by atoms with Gasteiger partial charge in [-0.15, -0.1) is 0 Å². The van der Waals surface area contributed by atoms with Crippen LogP contribution in [0.2, 0.25) is 0 Å². The fraction of sp³-hybridized carbons (Fsp3) is 0.909. The number of carbonyl (C=O) groups is 1. The number of carbonyl (C=O) groups excluding carboxylic acids is 1. The molecule has 5 nitrogen and oxygen atoms in total. The van der Waals surface area contributed by atoms with Crippen molar-refractivity contribution >= 4 is 15.8 Å².